The van der Waals surface area contributed by atoms with Gasteiger partial charge in [0.1, 0.15) is 18.2 Å². The van der Waals surface area contributed by atoms with Gasteiger partial charge in [-0.3, -0.25) is 9.59 Å². The van der Waals surface area contributed by atoms with Gasteiger partial charge in [0.2, 0.25) is 11.8 Å². The molecule has 0 aromatic carbocycles. The van der Waals surface area contributed by atoms with Crippen LogP contribution >= 0.6 is 21.6 Å². The van der Waals surface area contributed by atoms with Crippen molar-refractivity contribution in [3.8, 4) is 0 Å². The number of allylic oxidation sites excluding steroid dienone is 5. The molecule has 3 N–H and O–H groups in total. The van der Waals surface area contributed by atoms with Crippen molar-refractivity contribution in [3.63, 3.8) is 0 Å². The van der Waals surface area contributed by atoms with E-state index in [2.05, 4.69) is 16.0 Å². The molecule has 0 saturated heterocycles. The summed E-state index contributed by atoms with van der Waals surface area (Å²) in [4.78, 5) is 49.9. The molecule has 0 aromatic rings. The van der Waals surface area contributed by atoms with Crippen LogP contribution in [0.4, 0.5) is 4.79 Å². The van der Waals surface area contributed by atoms with Crippen molar-refractivity contribution >= 4 is 45.5 Å². The third-order valence-corrected chi connectivity index (χ3v) is 8.80. The second kappa shape index (κ2) is 23.0. The first-order chi connectivity index (χ1) is 22.3. The largest absolute Gasteiger partial charge is 0.490 e. The first-order valence-electron chi connectivity index (χ1n) is 15.8. The van der Waals surface area contributed by atoms with Gasteiger partial charge in [-0.15, -0.1) is 0 Å². The molecule has 1 aliphatic rings. The van der Waals surface area contributed by atoms with Crippen molar-refractivity contribution in [1.82, 2.24) is 16.0 Å². The van der Waals surface area contributed by atoms with Crippen LogP contribution in [0, 0.1) is 11.3 Å². The monoisotopic (exact) mass is 691 g/mol. The molecular weight excluding hydrogens is 639 g/mol. The smallest absolute Gasteiger partial charge is 0.407 e. The number of nitrogens with one attached hydrogen (secondary N) is 3. The number of carbonyl (C=O) groups is 4. The van der Waals surface area contributed by atoms with E-state index in [9.17, 15) is 19.2 Å². The van der Waals surface area contributed by atoms with Crippen LogP contribution in [0.5, 0.6) is 0 Å². The molecule has 12 heteroatoms. The maximum Gasteiger partial charge on any atom is 0.407 e. The Bertz CT molecular complexity index is 1200. The summed E-state index contributed by atoms with van der Waals surface area (Å²) in [5.41, 5.74) is 0.386. The number of cyclic esters (lactones) is 1. The van der Waals surface area contributed by atoms with Gasteiger partial charge in [0, 0.05) is 43.6 Å². The molecule has 0 bridgehead atoms. The zero-order valence-corrected chi connectivity index (χ0v) is 30.6. The minimum absolute atomic E-state index is 0.0134. The lowest BCUT2D eigenvalue weighted by Crippen LogP contribution is -2.52. The van der Waals surface area contributed by atoms with Gasteiger partial charge in [-0.1, -0.05) is 97.4 Å². The molecule has 0 fully saturated rings. The number of hydrogen-bond donors (Lipinski definition) is 3. The molecule has 4 atom stereocenters. The Kier molecular flexibility index (Phi) is 20.4. The predicted octanol–water partition coefficient (Wildman–Crippen LogP) is 6.54. The second-order valence-corrected chi connectivity index (χ2v) is 14.7. The predicted molar refractivity (Wildman–Crippen MR) is 192 cm³/mol. The van der Waals surface area contributed by atoms with Crippen LogP contribution in [0.25, 0.3) is 0 Å². The number of alkyl carbamates (subject to hydrolysis) is 1. The number of methoxy groups -OCH3 is 1. The van der Waals surface area contributed by atoms with Crippen LogP contribution in [0.15, 0.2) is 72.2 Å². The SMILES string of the molecule is CC=CCC(CC=CNC(=O)C(NC(=O)C=CC=CC(C)=CC(C)C1CC=C(OC)C(=O)O1)C(C)(C)C)OC(=O)NCCCSSC. The first kappa shape index (κ1) is 41.6. The van der Waals surface area contributed by atoms with E-state index in [1.165, 1.54) is 19.4 Å². The quantitative estimate of drug-likeness (QED) is 0.0345. The van der Waals surface area contributed by atoms with E-state index >= 15 is 0 Å². The normalized spacial score (nSPS) is 17.8. The molecule has 10 nitrogen and oxygen atoms in total. The van der Waals surface area contributed by atoms with Crippen molar-refractivity contribution < 1.29 is 33.4 Å². The van der Waals surface area contributed by atoms with Crippen LogP contribution in [0.1, 0.15) is 67.2 Å². The van der Waals surface area contributed by atoms with Gasteiger partial charge in [-0.2, -0.15) is 0 Å². The highest BCUT2D eigenvalue weighted by molar-refractivity contribution is 8.76. The molecule has 0 radical (unpaired) electrons. The number of hydrogen-bond acceptors (Lipinski definition) is 9. The molecule has 262 valence electrons. The van der Waals surface area contributed by atoms with Crippen molar-refractivity contribution in [1.29, 1.82) is 0 Å². The Balaban J connectivity index is 2.66. The molecule has 3 amide bonds. The summed E-state index contributed by atoms with van der Waals surface area (Å²) in [7, 11) is 4.88. The van der Waals surface area contributed by atoms with Crippen LogP contribution in [-0.2, 0) is 28.6 Å². The molecule has 47 heavy (non-hydrogen) atoms. The van der Waals surface area contributed by atoms with E-state index in [1.54, 1.807) is 45.9 Å². The summed E-state index contributed by atoms with van der Waals surface area (Å²) in [5.74, 6) is -0.0668. The molecular formula is C35H53N3O7S2. The van der Waals surface area contributed by atoms with Crippen LogP contribution < -0.4 is 16.0 Å². The van der Waals surface area contributed by atoms with E-state index < -0.39 is 29.4 Å². The number of esters is 1. The summed E-state index contributed by atoms with van der Waals surface area (Å²) in [6, 6.07) is -0.799. The first-order valence-corrected chi connectivity index (χ1v) is 18.5. The minimum Gasteiger partial charge on any atom is -0.490 e. The lowest BCUT2D eigenvalue weighted by Gasteiger charge is -2.29. The van der Waals surface area contributed by atoms with E-state index in [1.807, 2.05) is 72.1 Å². The zero-order chi connectivity index (χ0) is 35.2. The van der Waals surface area contributed by atoms with Crippen molar-refractivity contribution in [2.75, 3.05) is 25.7 Å². The molecule has 1 heterocycles. The highest BCUT2D eigenvalue weighted by atomic mass is 33.1. The fraction of sp³-hybridized carbons (Fsp3) is 0.543. The van der Waals surface area contributed by atoms with E-state index in [4.69, 9.17) is 14.2 Å². The third-order valence-electron chi connectivity index (χ3n) is 6.90. The standard InChI is InChI=1S/C35H53N3O7S2/c1-9-10-16-27(44-34(42)37-22-14-23-47-46-8)17-13-21-36-32(40)31(35(4,5)6)38-30(39)18-12-11-15-25(2)24-26(3)28-19-20-29(43-7)33(41)45-28/h9-13,15,18,20-21,24,26-28,31H,14,16-17,19,22-23H2,1-8H3,(H,36,40)(H,37,42)(H,38,39). The number of amides is 3. The topological polar surface area (TPSA) is 132 Å². The van der Waals surface area contributed by atoms with Gasteiger partial charge in [-0.25, -0.2) is 9.59 Å². The van der Waals surface area contributed by atoms with Gasteiger partial charge in [0.05, 0.1) is 7.11 Å². The lowest BCUT2D eigenvalue weighted by molar-refractivity contribution is -0.151. The summed E-state index contributed by atoms with van der Waals surface area (Å²) in [6.45, 7) is 12.0. The van der Waals surface area contributed by atoms with Gasteiger partial charge >= 0.3 is 12.1 Å². The molecule has 1 aliphatic heterocycles. The maximum atomic E-state index is 13.0. The average Bonchev–Trinajstić information content (AvgIpc) is 3.01. The van der Waals surface area contributed by atoms with Crippen molar-refractivity contribution in [3.05, 3.63) is 72.2 Å². The van der Waals surface area contributed by atoms with E-state index in [0.717, 1.165) is 17.7 Å². The third kappa shape index (κ3) is 17.9. The number of carbonyl (C=O) groups excluding carboxylic acids is 4. The van der Waals surface area contributed by atoms with Crippen molar-refractivity contribution in [2.24, 2.45) is 11.3 Å². The average molecular weight is 692 g/mol. The highest BCUT2D eigenvalue weighted by Crippen LogP contribution is 2.23. The molecule has 1 rings (SSSR count). The highest BCUT2D eigenvalue weighted by Gasteiger charge is 2.32. The molecule has 0 aromatic heterocycles. The van der Waals surface area contributed by atoms with Gasteiger partial charge in [0.15, 0.2) is 5.76 Å². The van der Waals surface area contributed by atoms with E-state index in [0.29, 0.717) is 25.8 Å². The summed E-state index contributed by atoms with van der Waals surface area (Å²) in [5, 5.41) is 8.32. The van der Waals surface area contributed by atoms with Gasteiger partial charge < -0.3 is 30.2 Å². The number of rotatable bonds is 19. The second-order valence-electron chi connectivity index (χ2n) is 12.0. The maximum absolute atomic E-state index is 13.0. The Morgan fingerprint density at radius 2 is 1.85 bits per heavy atom. The molecule has 0 saturated carbocycles. The van der Waals surface area contributed by atoms with Crippen LogP contribution in [-0.4, -0.2) is 67.8 Å². The molecule has 0 spiro atoms. The van der Waals surface area contributed by atoms with Gasteiger partial charge in [0.25, 0.3) is 0 Å². The Hall–Kier alpha value is -3.38. The number of ether oxygens (including phenoxy) is 3. The Morgan fingerprint density at radius 1 is 1.15 bits per heavy atom. The van der Waals surface area contributed by atoms with Crippen LogP contribution in [0.3, 0.4) is 0 Å². The Labute approximate surface area is 288 Å². The fourth-order valence-electron chi connectivity index (χ4n) is 4.35. The summed E-state index contributed by atoms with van der Waals surface area (Å²) < 4.78 is 16.0. The molecule has 0 aliphatic carbocycles. The molecule has 4 unspecified atom stereocenters. The van der Waals surface area contributed by atoms with Crippen LogP contribution in [0.2, 0.25) is 0 Å². The fourth-order valence-corrected chi connectivity index (χ4v) is 5.64. The van der Waals surface area contributed by atoms with Gasteiger partial charge in [-0.05, 0) is 44.2 Å². The summed E-state index contributed by atoms with van der Waals surface area (Å²) >= 11 is 0. The summed E-state index contributed by atoms with van der Waals surface area (Å²) in [6.07, 6.45) is 20.7. The zero-order valence-electron chi connectivity index (χ0n) is 29.0. The minimum atomic E-state index is -0.799. The van der Waals surface area contributed by atoms with Crippen molar-refractivity contribution in [2.45, 2.75) is 85.5 Å². The Morgan fingerprint density at radius 3 is 2.49 bits per heavy atom. The van der Waals surface area contributed by atoms with E-state index in [-0.39, 0.29) is 29.8 Å². The lowest BCUT2D eigenvalue weighted by atomic mass is 9.86.